The molecule has 1 aromatic rings. The Morgan fingerprint density at radius 2 is 1.82 bits per heavy atom. The van der Waals surface area contributed by atoms with E-state index in [2.05, 4.69) is 5.32 Å². The molecular formula is C13H18N2O2. The molecule has 4 heteroatoms. The first kappa shape index (κ1) is 13.2. The summed E-state index contributed by atoms with van der Waals surface area (Å²) in [5, 5.41) is 2.80. The van der Waals surface area contributed by atoms with Gasteiger partial charge in [0.1, 0.15) is 0 Å². The van der Waals surface area contributed by atoms with E-state index in [-0.39, 0.29) is 24.3 Å². The van der Waals surface area contributed by atoms with Crippen LogP contribution in [-0.4, -0.2) is 30.8 Å². The molecule has 0 spiro atoms. The average molecular weight is 234 g/mol. The molecule has 1 aromatic carbocycles. The van der Waals surface area contributed by atoms with Crippen LogP contribution in [0.2, 0.25) is 0 Å². The Morgan fingerprint density at radius 1 is 1.24 bits per heavy atom. The quantitative estimate of drug-likeness (QED) is 0.854. The smallest absolute Gasteiger partial charge is 0.224 e. The highest BCUT2D eigenvalue weighted by Gasteiger charge is 2.17. The molecule has 92 valence electrons. The monoisotopic (exact) mass is 234 g/mol. The number of benzene rings is 1. The zero-order valence-corrected chi connectivity index (χ0v) is 10.4. The lowest BCUT2D eigenvalue weighted by Gasteiger charge is -2.20. The van der Waals surface area contributed by atoms with Crippen LogP contribution in [0.1, 0.15) is 24.9 Å². The summed E-state index contributed by atoms with van der Waals surface area (Å²) in [6.45, 7) is 1.45. The molecule has 0 radical (unpaired) electrons. The van der Waals surface area contributed by atoms with Crippen LogP contribution < -0.4 is 5.32 Å². The molecule has 0 fully saturated rings. The SMILES string of the molecule is CC(=O)N[C@H](CC(=O)N(C)C)c1ccccc1. The van der Waals surface area contributed by atoms with Gasteiger partial charge in [-0.15, -0.1) is 0 Å². The maximum Gasteiger partial charge on any atom is 0.224 e. The Labute approximate surface area is 102 Å². The Hall–Kier alpha value is -1.84. The van der Waals surface area contributed by atoms with Crippen LogP contribution in [0.25, 0.3) is 0 Å². The molecular weight excluding hydrogens is 216 g/mol. The summed E-state index contributed by atoms with van der Waals surface area (Å²) in [4.78, 5) is 24.4. The number of nitrogens with one attached hydrogen (secondary N) is 1. The van der Waals surface area contributed by atoms with E-state index in [4.69, 9.17) is 0 Å². The molecule has 0 saturated carbocycles. The maximum atomic E-state index is 11.7. The lowest BCUT2D eigenvalue weighted by Crippen LogP contribution is -2.32. The molecule has 0 saturated heterocycles. The summed E-state index contributed by atoms with van der Waals surface area (Å²) < 4.78 is 0. The van der Waals surface area contributed by atoms with Crippen LogP contribution in [0, 0.1) is 0 Å². The second-order valence-corrected chi connectivity index (χ2v) is 4.16. The first-order valence-corrected chi connectivity index (χ1v) is 5.53. The molecule has 0 unspecified atom stereocenters. The van der Waals surface area contributed by atoms with Gasteiger partial charge in [-0.05, 0) is 5.56 Å². The van der Waals surface area contributed by atoms with Gasteiger partial charge >= 0.3 is 0 Å². The molecule has 2 amide bonds. The number of amides is 2. The van der Waals surface area contributed by atoms with Crippen molar-refractivity contribution < 1.29 is 9.59 Å². The van der Waals surface area contributed by atoms with Gasteiger partial charge in [0.2, 0.25) is 11.8 Å². The van der Waals surface area contributed by atoms with Crippen molar-refractivity contribution in [1.29, 1.82) is 0 Å². The van der Waals surface area contributed by atoms with Gasteiger partial charge in [-0.2, -0.15) is 0 Å². The van der Waals surface area contributed by atoms with Crippen molar-refractivity contribution in [1.82, 2.24) is 10.2 Å². The van der Waals surface area contributed by atoms with Crippen LogP contribution in [0.15, 0.2) is 30.3 Å². The van der Waals surface area contributed by atoms with Crippen molar-refractivity contribution in [3.05, 3.63) is 35.9 Å². The minimum absolute atomic E-state index is 0.00685. The first-order chi connectivity index (χ1) is 8.00. The van der Waals surface area contributed by atoms with E-state index in [1.807, 2.05) is 30.3 Å². The van der Waals surface area contributed by atoms with Crippen LogP contribution >= 0.6 is 0 Å². The van der Waals surface area contributed by atoms with E-state index in [1.54, 1.807) is 14.1 Å². The molecule has 0 aliphatic heterocycles. The summed E-state index contributed by atoms with van der Waals surface area (Å²) in [5.74, 6) is -0.141. The molecule has 1 atom stereocenters. The van der Waals surface area contributed by atoms with Gasteiger partial charge in [-0.25, -0.2) is 0 Å². The molecule has 4 nitrogen and oxygen atoms in total. The van der Waals surface area contributed by atoms with E-state index in [1.165, 1.54) is 11.8 Å². The van der Waals surface area contributed by atoms with Gasteiger partial charge in [-0.1, -0.05) is 30.3 Å². The summed E-state index contributed by atoms with van der Waals surface area (Å²) in [6, 6.07) is 9.24. The number of carbonyl (C=O) groups excluding carboxylic acids is 2. The van der Waals surface area contributed by atoms with Gasteiger partial charge in [0.25, 0.3) is 0 Å². The number of hydrogen-bond donors (Lipinski definition) is 1. The Morgan fingerprint density at radius 3 is 2.29 bits per heavy atom. The summed E-state index contributed by atoms with van der Waals surface area (Å²) >= 11 is 0. The molecule has 0 aliphatic carbocycles. The number of hydrogen-bond acceptors (Lipinski definition) is 2. The predicted molar refractivity (Wildman–Crippen MR) is 66.3 cm³/mol. The van der Waals surface area contributed by atoms with Crippen molar-refractivity contribution in [3.63, 3.8) is 0 Å². The average Bonchev–Trinajstić information content (AvgIpc) is 2.28. The van der Waals surface area contributed by atoms with Gasteiger partial charge in [0, 0.05) is 21.0 Å². The topological polar surface area (TPSA) is 49.4 Å². The standard InChI is InChI=1S/C13H18N2O2/c1-10(16)14-12(9-13(17)15(2)3)11-7-5-4-6-8-11/h4-8,12H,9H2,1-3H3,(H,14,16)/t12-/m1/s1. The molecule has 0 aromatic heterocycles. The highest BCUT2D eigenvalue weighted by Crippen LogP contribution is 2.17. The second kappa shape index (κ2) is 6.03. The molecule has 0 bridgehead atoms. The number of rotatable bonds is 4. The minimum Gasteiger partial charge on any atom is -0.349 e. The highest BCUT2D eigenvalue weighted by atomic mass is 16.2. The van der Waals surface area contributed by atoms with E-state index in [0.29, 0.717) is 0 Å². The minimum atomic E-state index is -0.261. The zero-order valence-electron chi connectivity index (χ0n) is 10.4. The van der Waals surface area contributed by atoms with Crippen molar-refractivity contribution in [2.24, 2.45) is 0 Å². The largest absolute Gasteiger partial charge is 0.349 e. The van der Waals surface area contributed by atoms with Gasteiger partial charge in [0.05, 0.1) is 12.5 Å². The Balaban J connectivity index is 2.81. The molecule has 0 aliphatic rings. The van der Waals surface area contributed by atoms with Crippen molar-refractivity contribution in [2.75, 3.05) is 14.1 Å². The van der Waals surface area contributed by atoms with Crippen LogP contribution in [0.5, 0.6) is 0 Å². The second-order valence-electron chi connectivity index (χ2n) is 4.16. The van der Waals surface area contributed by atoms with Crippen molar-refractivity contribution in [2.45, 2.75) is 19.4 Å². The molecule has 17 heavy (non-hydrogen) atoms. The number of nitrogens with zero attached hydrogens (tertiary/aromatic N) is 1. The van der Waals surface area contributed by atoms with E-state index < -0.39 is 0 Å². The zero-order chi connectivity index (χ0) is 12.8. The summed E-state index contributed by atoms with van der Waals surface area (Å²) in [6.07, 6.45) is 0.274. The lowest BCUT2D eigenvalue weighted by atomic mass is 10.0. The first-order valence-electron chi connectivity index (χ1n) is 5.53. The van der Waals surface area contributed by atoms with Crippen LogP contribution in [0.4, 0.5) is 0 Å². The number of carbonyl (C=O) groups is 2. The fourth-order valence-corrected chi connectivity index (χ4v) is 1.54. The van der Waals surface area contributed by atoms with E-state index in [9.17, 15) is 9.59 Å². The Bertz CT molecular complexity index is 388. The van der Waals surface area contributed by atoms with E-state index in [0.717, 1.165) is 5.56 Å². The molecule has 0 heterocycles. The third kappa shape index (κ3) is 4.26. The third-order valence-electron chi connectivity index (χ3n) is 2.46. The normalized spacial score (nSPS) is 11.7. The highest BCUT2D eigenvalue weighted by molar-refractivity contribution is 5.78. The molecule has 1 rings (SSSR count). The fourth-order valence-electron chi connectivity index (χ4n) is 1.54. The molecule has 1 N–H and O–H groups in total. The van der Waals surface area contributed by atoms with Gasteiger partial charge < -0.3 is 10.2 Å². The van der Waals surface area contributed by atoms with Crippen LogP contribution in [-0.2, 0) is 9.59 Å². The van der Waals surface area contributed by atoms with Crippen LogP contribution in [0.3, 0.4) is 0 Å². The third-order valence-corrected chi connectivity index (χ3v) is 2.46. The van der Waals surface area contributed by atoms with Gasteiger partial charge in [-0.3, -0.25) is 9.59 Å². The Kier molecular flexibility index (Phi) is 4.69. The van der Waals surface area contributed by atoms with Crippen molar-refractivity contribution >= 4 is 11.8 Å². The predicted octanol–water partition coefficient (Wildman–Crippen LogP) is 1.34. The summed E-state index contributed by atoms with van der Waals surface area (Å²) in [7, 11) is 3.41. The lowest BCUT2D eigenvalue weighted by molar-refractivity contribution is -0.129. The summed E-state index contributed by atoms with van der Waals surface area (Å²) in [5.41, 5.74) is 0.943. The fraction of sp³-hybridized carbons (Fsp3) is 0.385. The van der Waals surface area contributed by atoms with Gasteiger partial charge in [0.15, 0.2) is 0 Å². The van der Waals surface area contributed by atoms with E-state index >= 15 is 0 Å². The van der Waals surface area contributed by atoms with Crippen molar-refractivity contribution in [3.8, 4) is 0 Å². The maximum absolute atomic E-state index is 11.7.